The Hall–Kier alpha value is -2.01. The highest BCUT2D eigenvalue weighted by Crippen LogP contribution is 2.23. The van der Waals surface area contributed by atoms with Crippen LogP contribution >= 0.6 is 0 Å². The smallest absolute Gasteiger partial charge is 0.250 e. The molecule has 94 valence electrons. The quantitative estimate of drug-likeness (QED) is 0.789. The predicted octanol–water partition coefficient (Wildman–Crippen LogP) is 0.881. The Balaban J connectivity index is 2.34. The van der Waals surface area contributed by atoms with Crippen LogP contribution in [0.25, 0.3) is 11.1 Å². The van der Waals surface area contributed by atoms with Crippen LogP contribution in [0, 0.1) is 5.82 Å². The van der Waals surface area contributed by atoms with E-state index in [1.165, 1.54) is 24.3 Å². The highest BCUT2D eigenvalue weighted by molar-refractivity contribution is 5.81. The first kappa shape index (κ1) is 12.4. The molecule has 0 bridgehead atoms. The Labute approximate surface area is 102 Å². The molecule has 0 spiro atoms. The maximum Gasteiger partial charge on any atom is 0.250 e. The highest BCUT2D eigenvalue weighted by atomic mass is 19.1. The van der Waals surface area contributed by atoms with Gasteiger partial charge < -0.3 is 10.4 Å². The molecular weight excluding hydrogens is 237 g/mol. The third-order valence-electron chi connectivity index (χ3n) is 2.62. The predicted molar refractivity (Wildman–Crippen MR) is 66.9 cm³/mol. The molecule has 5 heteroatoms. The fourth-order valence-corrected chi connectivity index (χ4v) is 1.70. The number of aliphatic hydroxyl groups excluding tert-OH is 1. The molecule has 18 heavy (non-hydrogen) atoms. The Morgan fingerprint density at radius 3 is 2.39 bits per heavy atom. The monoisotopic (exact) mass is 249 g/mol. The van der Waals surface area contributed by atoms with Crippen molar-refractivity contribution in [2.45, 2.75) is 13.0 Å². The first-order valence-electron chi connectivity index (χ1n) is 5.52. The van der Waals surface area contributed by atoms with E-state index in [0.717, 1.165) is 0 Å². The van der Waals surface area contributed by atoms with Crippen LogP contribution in [0.1, 0.15) is 6.92 Å². The van der Waals surface area contributed by atoms with Gasteiger partial charge in [0.25, 0.3) is 0 Å². The maximum absolute atomic E-state index is 12.8. The molecule has 0 aromatic heterocycles. The summed E-state index contributed by atoms with van der Waals surface area (Å²) in [5, 5.41) is 11.9. The number of halogens is 1. The fraction of sp³-hybridized carbons (Fsp3) is 0.231. The third-order valence-corrected chi connectivity index (χ3v) is 2.62. The van der Waals surface area contributed by atoms with Crippen molar-refractivity contribution in [3.05, 3.63) is 50.5 Å². The second-order valence-electron chi connectivity index (χ2n) is 4.15. The summed E-state index contributed by atoms with van der Waals surface area (Å²) < 4.78 is 12.8. The molecule has 0 radical (unpaired) electrons. The van der Waals surface area contributed by atoms with E-state index in [2.05, 4.69) is 5.32 Å². The van der Waals surface area contributed by atoms with Gasteiger partial charge in [0, 0.05) is 6.54 Å². The van der Waals surface area contributed by atoms with E-state index >= 15 is 0 Å². The Bertz CT molecular complexity index is 624. The minimum absolute atomic E-state index is 0.180. The Morgan fingerprint density at radius 2 is 1.83 bits per heavy atom. The van der Waals surface area contributed by atoms with Crippen LogP contribution in [0.2, 0.25) is 0 Å². The van der Waals surface area contributed by atoms with Crippen molar-refractivity contribution in [2.75, 3.05) is 11.9 Å². The van der Waals surface area contributed by atoms with Crippen LogP contribution < -0.4 is 16.2 Å². The summed E-state index contributed by atoms with van der Waals surface area (Å²) in [6.45, 7) is 1.75. The SMILES string of the molecule is CC(O)CNc1c(-c2ccc(F)cc2)c(=O)c1=O. The number of benzene rings is 1. The summed E-state index contributed by atoms with van der Waals surface area (Å²) in [5.74, 6) is -0.407. The van der Waals surface area contributed by atoms with Crippen LogP contribution in [0.5, 0.6) is 0 Å². The zero-order valence-electron chi connectivity index (χ0n) is 9.74. The van der Waals surface area contributed by atoms with Gasteiger partial charge in [-0.05, 0) is 24.6 Å². The number of hydrogen-bond acceptors (Lipinski definition) is 4. The Kier molecular flexibility index (Phi) is 3.25. The summed E-state index contributed by atoms with van der Waals surface area (Å²) in [6, 6.07) is 5.34. The van der Waals surface area contributed by atoms with E-state index in [1.54, 1.807) is 6.92 Å². The second-order valence-corrected chi connectivity index (χ2v) is 4.15. The van der Waals surface area contributed by atoms with Crippen molar-refractivity contribution >= 4 is 5.69 Å². The van der Waals surface area contributed by atoms with Gasteiger partial charge in [0.2, 0.25) is 10.9 Å². The zero-order chi connectivity index (χ0) is 13.3. The first-order valence-corrected chi connectivity index (χ1v) is 5.52. The molecule has 0 amide bonds. The van der Waals surface area contributed by atoms with Crippen molar-refractivity contribution in [1.82, 2.24) is 0 Å². The molecule has 2 N–H and O–H groups in total. The molecular formula is C13H12FNO3. The molecule has 4 nitrogen and oxygen atoms in total. The normalized spacial score (nSPS) is 12.6. The van der Waals surface area contributed by atoms with E-state index in [-0.39, 0.29) is 17.8 Å². The van der Waals surface area contributed by atoms with Crippen LogP contribution in [0.4, 0.5) is 10.1 Å². The lowest BCUT2D eigenvalue weighted by atomic mass is 9.98. The van der Waals surface area contributed by atoms with E-state index < -0.39 is 22.8 Å². The number of aliphatic hydroxyl groups is 1. The van der Waals surface area contributed by atoms with Crippen LogP contribution in [0.3, 0.4) is 0 Å². The average Bonchev–Trinajstić information content (AvgIpc) is 2.34. The van der Waals surface area contributed by atoms with Crippen LogP contribution in [0.15, 0.2) is 33.9 Å². The van der Waals surface area contributed by atoms with Crippen molar-refractivity contribution in [1.29, 1.82) is 0 Å². The number of hydrogen-bond donors (Lipinski definition) is 2. The molecule has 1 atom stereocenters. The van der Waals surface area contributed by atoms with Gasteiger partial charge in [-0.3, -0.25) is 9.59 Å². The average molecular weight is 249 g/mol. The second kappa shape index (κ2) is 4.70. The lowest BCUT2D eigenvalue weighted by Gasteiger charge is -2.14. The molecule has 2 aromatic rings. The molecule has 0 aliphatic rings. The minimum atomic E-state index is -0.629. The van der Waals surface area contributed by atoms with Crippen molar-refractivity contribution in [3.8, 4) is 11.1 Å². The number of rotatable bonds is 4. The maximum atomic E-state index is 12.8. The molecule has 0 aliphatic heterocycles. The lowest BCUT2D eigenvalue weighted by Crippen LogP contribution is -2.37. The topological polar surface area (TPSA) is 66.4 Å². The van der Waals surface area contributed by atoms with Gasteiger partial charge in [0.1, 0.15) is 5.82 Å². The van der Waals surface area contributed by atoms with Crippen molar-refractivity contribution in [3.63, 3.8) is 0 Å². The Morgan fingerprint density at radius 1 is 1.22 bits per heavy atom. The molecule has 0 saturated heterocycles. The molecule has 0 fully saturated rings. The van der Waals surface area contributed by atoms with Gasteiger partial charge in [0.05, 0.1) is 17.4 Å². The van der Waals surface area contributed by atoms with E-state index in [0.29, 0.717) is 5.56 Å². The molecule has 0 saturated carbocycles. The summed E-state index contributed by atoms with van der Waals surface area (Å²) in [5.41, 5.74) is -0.257. The standard InChI is InChI=1S/C13H12FNO3/c1-7(16)6-15-11-10(12(17)13(11)18)8-2-4-9(14)5-3-8/h2-5,7,15-16H,6H2,1H3. The molecule has 1 unspecified atom stereocenters. The largest absolute Gasteiger partial charge is 0.392 e. The molecule has 2 rings (SSSR count). The minimum Gasteiger partial charge on any atom is -0.392 e. The van der Waals surface area contributed by atoms with E-state index in [4.69, 9.17) is 5.11 Å². The van der Waals surface area contributed by atoms with E-state index in [1.807, 2.05) is 0 Å². The van der Waals surface area contributed by atoms with E-state index in [9.17, 15) is 14.0 Å². The third kappa shape index (κ3) is 2.17. The fourth-order valence-electron chi connectivity index (χ4n) is 1.70. The van der Waals surface area contributed by atoms with Gasteiger partial charge in [-0.2, -0.15) is 0 Å². The van der Waals surface area contributed by atoms with Gasteiger partial charge in [-0.1, -0.05) is 12.1 Å². The summed E-state index contributed by atoms with van der Waals surface area (Å²) in [6.07, 6.45) is -0.629. The summed E-state index contributed by atoms with van der Waals surface area (Å²) in [7, 11) is 0. The number of anilines is 1. The highest BCUT2D eigenvalue weighted by Gasteiger charge is 2.22. The van der Waals surface area contributed by atoms with Crippen molar-refractivity contribution in [2.24, 2.45) is 0 Å². The lowest BCUT2D eigenvalue weighted by molar-refractivity contribution is 0.208. The van der Waals surface area contributed by atoms with Gasteiger partial charge in [0.15, 0.2) is 0 Å². The van der Waals surface area contributed by atoms with Crippen LogP contribution in [-0.2, 0) is 0 Å². The summed E-state index contributed by atoms with van der Waals surface area (Å²) in [4.78, 5) is 22.9. The molecule has 2 aromatic carbocycles. The van der Waals surface area contributed by atoms with Gasteiger partial charge >= 0.3 is 0 Å². The molecule has 0 heterocycles. The van der Waals surface area contributed by atoms with Gasteiger partial charge in [-0.25, -0.2) is 4.39 Å². The van der Waals surface area contributed by atoms with Crippen molar-refractivity contribution < 1.29 is 9.50 Å². The first-order chi connectivity index (χ1) is 8.50. The number of nitrogens with one attached hydrogen (secondary N) is 1. The van der Waals surface area contributed by atoms with Gasteiger partial charge in [-0.15, -0.1) is 0 Å². The molecule has 0 aliphatic carbocycles. The van der Waals surface area contributed by atoms with Crippen LogP contribution in [-0.4, -0.2) is 17.8 Å². The zero-order valence-corrected chi connectivity index (χ0v) is 9.74. The summed E-state index contributed by atoms with van der Waals surface area (Å²) >= 11 is 0.